The van der Waals surface area contributed by atoms with Crippen LogP contribution in [0, 0.1) is 0 Å². The molecule has 9 aromatic rings. The summed E-state index contributed by atoms with van der Waals surface area (Å²) in [5, 5.41) is 7.42. The molecular formula is C44H30N2. The molecule has 0 atom stereocenters. The number of hydrogen-bond donors (Lipinski definition) is 0. The Morgan fingerprint density at radius 3 is 1.65 bits per heavy atom. The van der Waals surface area contributed by atoms with Crippen LogP contribution in [0.5, 0.6) is 0 Å². The lowest BCUT2D eigenvalue weighted by Crippen LogP contribution is -2.10. The molecule has 0 unspecified atom stereocenters. The quantitative estimate of drug-likeness (QED) is 0.195. The maximum Gasteiger partial charge on any atom is 0.0542 e. The summed E-state index contributed by atoms with van der Waals surface area (Å²) in [6, 6.07) is 65.8. The van der Waals surface area contributed by atoms with Gasteiger partial charge < -0.3 is 9.47 Å². The number of hydrogen-bond acceptors (Lipinski definition) is 1. The van der Waals surface area contributed by atoms with Crippen molar-refractivity contribution >= 4 is 60.4 Å². The number of fused-ring (bicyclic) bond motifs is 5. The van der Waals surface area contributed by atoms with Crippen molar-refractivity contribution in [3.8, 4) is 16.8 Å². The second kappa shape index (κ2) is 10.8. The summed E-state index contributed by atoms with van der Waals surface area (Å²) in [4.78, 5) is 2.38. The highest BCUT2D eigenvalue weighted by Gasteiger charge is 2.18. The van der Waals surface area contributed by atoms with E-state index < -0.39 is 0 Å². The van der Waals surface area contributed by atoms with Gasteiger partial charge in [-0.1, -0.05) is 121 Å². The Hall–Kier alpha value is -6.12. The summed E-state index contributed by atoms with van der Waals surface area (Å²) in [6.45, 7) is 0. The van der Waals surface area contributed by atoms with Crippen LogP contribution in [0.3, 0.4) is 0 Å². The van der Waals surface area contributed by atoms with Crippen molar-refractivity contribution in [2.75, 3.05) is 4.90 Å². The first-order valence-corrected chi connectivity index (χ1v) is 15.8. The average molecular weight is 587 g/mol. The number of para-hydroxylation sites is 1. The lowest BCUT2D eigenvalue weighted by atomic mass is 10.0. The minimum Gasteiger partial charge on any atom is -0.310 e. The van der Waals surface area contributed by atoms with Crippen LogP contribution >= 0.6 is 0 Å². The number of nitrogens with zero attached hydrogens (tertiary/aromatic N) is 2. The molecule has 0 fully saturated rings. The highest BCUT2D eigenvalue weighted by atomic mass is 15.1. The van der Waals surface area contributed by atoms with E-state index in [9.17, 15) is 0 Å². The van der Waals surface area contributed by atoms with Gasteiger partial charge in [-0.05, 0) is 93.3 Å². The predicted octanol–water partition coefficient (Wildman–Crippen LogP) is 12.2. The van der Waals surface area contributed by atoms with Crippen molar-refractivity contribution in [3.05, 3.63) is 182 Å². The minimum absolute atomic E-state index is 1.12. The third-order valence-corrected chi connectivity index (χ3v) is 9.13. The van der Waals surface area contributed by atoms with Gasteiger partial charge in [-0.2, -0.15) is 0 Å². The normalized spacial score (nSPS) is 11.5. The van der Waals surface area contributed by atoms with Gasteiger partial charge in [-0.3, -0.25) is 0 Å². The van der Waals surface area contributed by atoms with Gasteiger partial charge in [0.2, 0.25) is 0 Å². The fraction of sp³-hybridized carbons (Fsp3) is 0. The monoisotopic (exact) mass is 586 g/mol. The zero-order valence-corrected chi connectivity index (χ0v) is 25.2. The van der Waals surface area contributed by atoms with Crippen molar-refractivity contribution in [1.82, 2.24) is 4.57 Å². The van der Waals surface area contributed by atoms with Crippen LogP contribution in [-0.2, 0) is 0 Å². The Bertz CT molecular complexity index is 2520. The smallest absolute Gasteiger partial charge is 0.0542 e. The van der Waals surface area contributed by atoms with Crippen molar-refractivity contribution in [2.24, 2.45) is 0 Å². The molecule has 0 spiro atoms. The predicted molar refractivity (Wildman–Crippen MR) is 196 cm³/mol. The molecule has 0 aliphatic carbocycles. The van der Waals surface area contributed by atoms with Gasteiger partial charge in [0, 0.05) is 33.5 Å². The number of anilines is 3. The topological polar surface area (TPSA) is 8.17 Å². The Balaban J connectivity index is 1.24. The highest BCUT2D eigenvalue weighted by Crippen LogP contribution is 2.41. The molecule has 2 nitrogen and oxygen atoms in total. The van der Waals surface area contributed by atoms with Gasteiger partial charge in [-0.25, -0.2) is 0 Å². The van der Waals surface area contributed by atoms with Gasteiger partial charge in [0.05, 0.1) is 11.0 Å². The molecule has 0 N–H and O–H groups in total. The number of aromatic nitrogens is 1. The first kappa shape index (κ1) is 26.3. The van der Waals surface area contributed by atoms with Crippen LogP contribution in [-0.4, -0.2) is 4.57 Å². The maximum absolute atomic E-state index is 2.40. The number of rotatable bonds is 5. The zero-order chi connectivity index (χ0) is 30.5. The van der Waals surface area contributed by atoms with Gasteiger partial charge in [-0.15, -0.1) is 0 Å². The van der Waals surface area contributed by atoms with E-state index in [4.69, 9.17) is 0 Å². The maximum atomic E-state index is 2.40. The van der Waals surface area contributed by atoms with Crippen LogP contribution < -0.4 is 4.90 Å². The molecule has 2 heteroatoms. The van der Waals surface area contributed by atoms with E-state index in [2.05, 4.69) is 191 Å². The van der Waals surface area contributed by atoms with Gasteiger partial charge >= 0.3 is 0 Å². The number of benzene rings is 8. The molecule has 0 bridgehead atoms. The van der Waals surface area contributed by atoms with Gasteiger partial charge in [0.15, 0.2) is 0 Å². The first-order valence-electron chi connectivity index (χ1n) is 15.8. The second-order valence-electron chi connectivity index (χ2n) is 11.9. The van der Waals surface area contributed by atoms with Gasteiger partial charge in [0.1, 0.15) is 0 Å². The Kier molecular flexibility index (Phi) is 6.17. The van der Waals surface area contributed by atoms with Crippen molar-refractivity contribution < 1.29 is 0 Å². The van der Waals surface area contributed by atoms with Crippen LogP contribution in [0.15, 0.2) is 182 Å². The standard InChI is InChI=1S/C44H30N2/c1-2-10-31(11-3-1)34-18-22-37(23-19-34)45(38-24-20-32-12-4-6-14-35(32)28-38)40-26-27-44-42(30-40)41-16-8-9-17-43(41)46(44)39-25-21-33-13-5-7-15-36(33)29-39/h1-30H. The van der Waals surface area contributed by atoms with E-state index in [-0.39, 0.29) is 0 Å². The van der Waals surface area contributed by atoms with Crippen molar-refractivity contribution in [2.45, 2.75) is 0 Å². The summed E-state index contributed by atoms with van der Waals surface area (Å²) in [7, 11) is 0. The molecule has 0 amide bonds. The summed E-state index contributed by atoms with van der Waals surface area (Å²) >= 11 is 0. The SMILES string of the molecule is c1ccc(-c2ccc(N(c3ccc4ccccc4c3)c3ccc4c(c3)c3ccccc3n4-c3ccc4ccccc4c3)cc2)cc1. The largest absolute Gasteiger partial charge is 0.310 e. The minimum atomic E-state index is 1.12. The molecule has 0 saturated carbocycles. The molecule has 9 rings (SSSR count). The Morgan fingerprint density at radius 2 is 0.870 bits per heavy atom. The van der Waals surface area contributed by atoms with Gasteiger partial charge in [0.25, 0.3) is 0 Å². The Morgan fingerprint density at radius 1 is 0.326 bits per heavy atom. The van der Waals surface area contributed by atoms with E-state index in [1.54, 1.807) is 0 Å². The van der Waals surface area contributed by atoms with Crippen molar-refractivity contribution in [1.29, 1.82) is 0 Å². The molecule has 0 saturated heterocycles. The second-order valence-corrected chi connectivity index (χ2v) is 11.9. The molecule has 8 aromatic carbocycles. The lowest BCUT2D eigenvalue weighted by molar-refractivity contribution is 1.18. The van der Waals surface area contributed by atoms with Crippen LogP contribution in [0.25, 0.3) is 60.2 Å². The molecular weight excluding hydrogens is 556 g/mol. The summed E-state index contributed by atoms with van der Waals surface area (Å²) in [6.07, 6.45) is 0. The zero-order valence-electron chi connectivity index (χ0n) is 25.2. The first-order chi connectivity index (χ1) is 22.8. The van der Waals surface area contributed by atoms with E-state index in [1.807, 2.05) is 0 Å². The van der Waals surface area contributed by atoms with E-state index in [0.717, 1.165) is 17.1 Å². The molecule has 0 aliphatic rings. The molecule has 1 heterocycles. The Labute approximate surface area is 268 Å². The van der Waals surface area contributed by atoms with E-state index in [1.165, 1.54) is 60.2 Å². The van der Waals surface area contributed by atoms with Crippen LogP contribution in [0.2, 0.25) is 0 Å². The molecule has 0 aliphatic heterocycles. The lowest BCUT2D eigenvalue weighted by Gasteiger charge is -2.26. The molecule has 216 valence electrons. The molecule has 0 radical (unpaired) electrons. The van der Waals surface area contributed by atoms with Crippen molar-refractivity contribution in [3.63, 3.8) is 0 Å². The molecule has 1 aromatic heterocycles. The van der Waals surface area contributed by atoms with Crippen LogP contribution in [0.1, 0.15) is 0 Å². The van der Waals surface area contributed by atoms with Crippen LogP contribution in [0.4, 0.5) is 17.1 Å². The fourth-order valence-electron chi connectivity index (χ4n) is 6.89. The average Bonchev–Trinajstić information content (AvgIpc) is 3.46. The van der Waals surface area contributed by atoms with E-state index in [0.29, 0.717) is 0 Å². The molecule has 46 heavy (non-hydrogen) atoms. The third kappa shape index (κ3) is 4.43. The van der Waals surface area contributed by atoms with E-state index >= 15 is 0 Å². The summed E-state index contributed by atoms with van der Waals surface area (Å²) < 4.78 is 2.40. The fourth-order valence-corrected chi connectivity index (χ4v) is 6.89. The third-order valence-electron chi connectivity index (χ3n) is 9.13. The summed E-state index contributed by atoms with van der Waals surface area (Å²) in [5.41, 5.74) is 9.35. The summed E-state index contributed by atoms with van der Waals surface area (Å²) in [5.74, 6) is 0. The highest BCUT2D eigenvalue weighted by molar-refractivity contribution is 6.11.